The number of amides is 1. The molecular formula is C23H26F3N3O2. The molecule has 1 saturated carbocycles. The minimum absolute atomic E-state index is 0.0205. The average Bonchev–Trinajstić information content (AvgIpc) is 2.68. The summed E-state index contributed by atoms with van der Waals surface area (Å²) in [5, 5.41) is 2.66. The molecule has 2 aliphatic rings. The Kier molecular flexibility index (Phi) is 6.18. The molecule has 166 valence electrons. The summed E-state index contributed by atoms with van der Waals surface area (Å²) >= 11 is 0. The number of carbonyl (C=O) groups excluding carboxylic acids is 1. The molecule has 0 bridgehead atoms. The van der Waals surface area contributed by atoms with Gasteiger partial charge in [-0.25, -0.2) is 4.98 Å². The summed E-state index contributed by atoms with van der Waals surface area (Å²) in [6, 6.07) is 10.6. The Labute approximate surface area is 179 Å². The SMILES string of the molecule is CNC(=O)C1CN(Cc2ccc(OCc3ccc(C4CCC4)c(C(F)(F)F)n3)cc2)C1. The summed E-state index contributed by atoms with van der Waals surface area (Å²) in [5.74, 6) is 0.666. The monoisotopic (exact) mass is 433 g/mol. The van der Waals surface area contributed by atoms with Gasteiger partial charge in [-0.1, -0.05) is 24.6 Å². The van der Waals surface area contributed by atoms with E-state index in [9.17, 15) is 18.0 Å². The van der Waals surface area contributed by atoms with Gasteiger partial charge in [-0.2, -0.15) is 13.2 Å². The number of nitrogens with zero attached hydrogens (tertiary/aromatic N) is 2. The first-order valence-electron chi connectivity index (χ1n) is 10.6. The maximum atomic E-state index is 13.5. The molecule has 5 nitrogen and oxygen atoms in total. The Morgan fingerprint density at radius 3 is 2.45 bits per heavy atom. The lowest BCUT2D eigenvalue weighted by atomic mass is 9.79. The molecule has 1 amide bonds. The second-order valence-corrected chi connectivity index (χ2v) is 8.30. The summed E-state index contributed by atoms with van der Waals surface area (Å²) in [4.78, 5) is 17.6. The molecule has 8 heteroatoms. The van der Waals surface area contributed by atoms with E-state index >= 15 is 0 Å². The zero-order chi connectivity index (χ0) is 22.0. The van der Waals surface area contributed by atoms with Crippen LogP contribution in [0.5, 0.6) is 5.75 Å². The third-order valence-corrected chi connectivity index (χ3v) is 6.09. The van der Waals surface area contributed by atoms with E-state index in [1.165, 1.54) is 0 Å². The summed E-state index contributed by atoms with van der Waals surface area (Å²) < 4.78 is 46.0. The van der Waals surface area contributed by atoms with Crippen molar-refractivity contribution in [1.82, 2.24) is 15.2 Å². The minimum Gasteiger partial charge on any atom is -0.487 e. The quantitative estimate of drug-likeness (QED) is 0.714. The van der Waals surface area contributed by atoms with Crippen molar-refractivity contribution in [1.29, 1.82) is 0 Å². The van der Waals surface area contributed by atoms with Gasteiger partial charge >= 0.3 is 6.18 Å². The molecule has 1 aromatic carbocycles. The molecule has 0 unspecified atom stereocenters. The van der Waals surface area contributed by atoms with Gasteiger partial charge in [-0.15, -0.1) is 0 Å². The number of rotatable bonds is 7. The molecule has 0 spiro atoms. The Morgan fingerprint density at radius 1 is 1.16 bits per heavy atom. The average molecular weight is 433 g/mol. The first kappa shape index (κ1) is 21.6. The standard InChI is InChI=1S/C23H26F3N3O2/c1-27-22(30)17-12-29(13-17)11-15-5-8-19(9-6-15)31-14-18-7-10-20(16-3-2-4-16)21(28-18)23(24,25)26/h5-10,16-17H,2-4,11-14H2,1H3,(H,27,30). The number of pyridine rings is 1. The molecule has 2 heterocycles. The summed E-state index contributed by atoms with van der Waals surface area (Å²) in [5.41, 5.74) is 0.875. The van der Waals surface area contributed by atoms with Crippen LogP contribution in [0.4, 0.5) is 13.2 Å². The van der Waals surface area contributed by atoms with E-state index < -0.39 is 11.9 Å². The van der Waals surface area contributed by atoms with E-state index in [-0.39, 0.29) is 30.0 Å². The van der Waals surface area contributed by atoms with E-state index in [0.29, 0.717) is 11.3 Å². The number of halogens is 3. The van der Waals surface area contributed by atoms with E-state index in [0.717, 1.165) is 44.5 Å². The van der Waals surface area contributed by atoms with Crippen molar-refractivity contribution in [3.63, 3.8) is 0 Å². The van der Waals surface area contributed by atoms with Crippen LogP contribution < -0.4 is 10.1 Å². The molecule has 1 N–H and O–H groups in total. The number of aromatic nitrogens is 1. The number of nitrogens with one attached hydrogen (secondary N) is 1. The van der Waals surface area contributed by atoms with Gasteiger partial charge in [0.05, 0.1) is 11.6 Å². The van der Waals surface area contributed by atoms with E-state index in [4.69, 9.17) is 4.74 Å². The fraction of sp³-hybridized carbons (Fsp3) is 0.478. The van der Waals surface area contributed by atoms with Crippen molar-refractivity contribution in [2.45, 2.75) is 44.5 Å². The smallest absolute Gasteiger partial charge is 0.433 e. The Bertz CT molecular complexity index is 921. The zero-order valence-electron chi connectivity index (χ0n) is 17.4. The number of ether oxygens (including phenoxy) is 1. The predicted molar refractivity (Wildman–Crippen MR) is 109 cm³/mol. The lowest BCUT2D eigenvalue weighted by molar-refractivity contribution is -0.142. The van der Waals surface area contributed by atoms with Crippen LogP contribution in [0.2, 0.25) is 0 Å². The fourth-order valence-corrected chi connectivity index (χ4v) is 4.04. The van der Waals surface area contributed by atoms with Gasteiger partial charge in [0.1, 0.15) is 18.1 Å². The second kappa shape index (κ2) is 8.86. The highest BCUT2D eigenvalue weighted by Gasteiger charge is 2.38. The van der Waals surface area contributed by atoms with Gasteiger partial charge in [-0.3, -0.25) is 9.69 Å². The number of benzene rings is 1. The number of hydrogen-bond acceptors (Lipinski definition) is 4. The first-order chi connectivity index (χ1) is 14.8. The highest BCUT2D eigenvalue weighted by molar-refractivity contribution is 5.79. The van der Waals surface area contributed by atoms with Crippen molar-refractivity contribution in [3.05, 3.63) is 58.9 Å². The van der Waals surface area contributed by atoms with Crippen LogP contribution >= 0.6 is 0 Å². The second-order valence-electron chi connectivity index (χ2n) is 8.30. The molecule has 0 atom stereocenters. The molecule has 1 saturated heterocycles. The molecule has 2 aromatic rings. The Hall–Kier alpha value is -2.61. The topological polar surface area (TPSA) is 54.5 Å². The molecule has 2 fully saturated rings. The molecule has 1 aliphatic heterocycles. The molecule has 1 aromatic heterocycles. The first-order valence-corrected chi connectivity index (χ1v) is 10.6. The zero-order valence-corrected chi connectivity index (χ0v) is 17.4. The van der Waals surface area contributed by atoms with Gasteiger partial charge in [0.15, 0.2) is 0 Å². The van der Waals surface area contributed by atoms with Gasteiger partial charge in [0.25, 0.3) is 0 Å². The van der Waals surface area contributed by atoms with Gasteiger partial charge in [0, 0.05) is 26.7 Å². The van der Waals surface area contributed by atoms with E-state index in [1.54, 1.807) is 31.3 Å². The van der Waals surface area contributed by atoms with Crippen molar-refractivity contribution >= 4 is 5.91 Å². The summed E-state index contributed by atoms with van der Waals surface area (Å²) in [7, 11) is 1.64. The highest BCUT2D eigenvalue weighted by atomic mass is 19.4. The van der Waals surface area contributed by atoms with Crippen molar-refractivity contribution in [3.8, 4) is 5.75 Å². The number of carbonyl (C=O) groups is 1. The van der Waals surface area contributed by atoms with Crippen LogP contribution in [0.1, 0.15) is 47.7 Å². The van der Waals surface area contributed by atoms with Crippen LogP contribution in [-0.2, 0) is 24.1 Å². The molecule has 1 aliphatic carbocycles. The van der Waals surface area contributed by atoms with Gasteiger partial charge < -0.3 is 10.1 Å². The lowest BCUT2D eigenvalue weighted by Crippen LogP contribution is -2.52. The van der Waals surface area contributed by atoms with Crippen LogP contribution in [0.25, 0.3) is 0 Å². The predicted octanol–water partition coefficient (Wildman–Crippen LogP) is 4.12. The number of likely N-dealkylation sites (tertiary alicyclic amines) is 1. The molecule has 31 heavy (non-hydrogen) atoms. The minimum atomic E-state index is -4.46. The van der Waals surface area contributed by atoms with Crippen molar-refractivity contribution in [2.24, 2.45) is 5.92 Å². The Balaban J connectivity index is 1.33. The Morgan fingerprint density at radius 2 is 1.87 bits per heavy atom. The highest BCUT2D eigenvalue weighted by Crippen LogP contribution is 2.42. The van der Waals surface area contributed by atoms with E-state index in [1.807, 2.05) is 12.1 Å². The van der Waals surface area contributed by atoms with Crippen molar-refractivity contribution in [2.75, 3.05) is 20.1 Å². The maximum Gasteiger partial charge on any atom is 0.433 e. The number of hydrogen-bond donors (Lipinski definition) is 1. The summed E-state index contributed by atoms with van der Waals surface area (Å²) in [6.07, 6.45) is -1.92. The molecular weight excluding hydrogens is 407 g/mol. The van der Waals surface area contributed by atoms with Crippen LogP contribution in [0, 0.1) is 5.92 Å². The van der Waals surface area contributed by atoms with Gasteiger partial charge in [0.2, 0.25) is 5.91 Å². The largest absolute Gasteiger partial charge is 0.487 e. The molecule has 4 rings (SSSR count). The maximum absolute atomic E-state index is 13.5. The lowest BCUT2D eigenvalue weighted by Gasteiger charge is -2.38. The van der Waals surface area contributed by atoms with Crippen LogP contribution in [0.15, 0.2) is 36.4 Å². The number of alkyl halides is 3. The third-order valence-electron chi connectivity index (χ3n) is 6.09. The summed E-state index contributed by atoms with van der Waals surface area (Å²) in [6.45, 7) is 2.20. The molecule has 0 radical (unpaired) electrons. The van der Waals surface area contributed by atoms with Gasteiger partial charge in [-0.05, 0) is 48.1 Å². The van der Waals surface area contributed by atoms with E-state index in [2.05, 4.69) is 15.2 Å². The fourth-order valence-electron chi connectivity index (χ4n) is 4.04. The van der Waals surface area contributed by atoms with Crippen molar-refractivity contribution < 1.29 is 22.7 Å². The van der Waals surface area contributed by atoms with Crippen LogP contribution in [0.3, 0.4) is 0 Å². The normalized spacial score (nSPS) is 17.7. The third kappa shape index (κ3) is 5.01. The van der Waals surface area contributed by atoms with Crippen LogP contribution in [-0.4, -0.2) is 35.9 Å².